The molecular weight excluding hydrogens is 300 g/mol. The van der Waals surface area contributed by atoms with E-state index >= 15 is 0 Å². The maximum atomic E-state index is 11.6. The van der Waals surface area contributed by atoms with Crippen molar-refractivity contribution in [3.63, 3.8) is 0 Å². The van der Waals surface area contributed by atoms with Crippen LogP contribution in [0.5, 0.6) is 5.75 Å². The summed E-state index contributed by atoms with van der Waals surface area (Å²) in [5.41, 5.74) is 5.39. The first-order chi connectivity index (χ1) is 11.1. The molecule has 2 amide bonds. The van der Waals surface area contributed by atoms with Crippen LogP contribution in [-0.4, -0.2) is 37.0 Å². The van der Waals surface area contributed by atoms with Crippen molar-refractivity contribution in [1.29, 1.82) is 0 Å². The van der Waals surface area contributed by atoms with Gasteiger partial charge in [0.05, 0.1) is 5.56 Å². The van der Waals surface area contributed by atoms with Gasteiger partial charge >= 0.3 is 5.97 Å². The van der Waals surface area contributed by atoms with Gasteiger partial charge in [-0.3, -0.25) is 9.59 Å². The molecule has 0 aliphatic heterocycles. The molecule has 1 aliphatic rings. The van der Waals surface area contributed by atoms with Gasteiger partial charge in [0.1, 0.15) is 5.75 Å². The van der Waals surface area contributed by atoms with Crippen molar-refractivity contribution in [1.82, 2.24) is 5.32 Å². The van der Waals surface area contributed by atoms with Gasteiger partial charge < -0.3 is 20.5 Å². The Hall–Kier alpha value is -2.57. The van der Waals surface area contributed by atoms with Crippen LogP contribution in [0.3, 0.4) is 0 Å². The van der Waals surface area contributed by atoms with Crippen LogP contribution < -0.4 is 15.8 Å². The molecule has 124 valence electrons. The van der Waals surface area contributed by atoms with E-state index in [0.717, 1.165) is 25.7 Å². The normalized spacial score (nSPS) is 14.3. The smallest absolute Gasteiger partial charge is 0.344 e. The second kappa shape index (κ2) is 8.17. The maximum Gasteiger partial charge on any atom is 0.344 e. The highest BCUT2D eigenvalue weighted by atomic mass is 16.6. The standard InChI is InChI=1S/C16H20N2O5/c17-16(21)12-7-3-4-8-13(12)22-10-15(20)23-9-14(19)18-11-5-1-2-6-11/h3-4,7-8,11H,1-2,5-6,9-10H2,(H2,17,21)(H,18,19). The molecule has 7 nitrogen and oxygen atoms in total. The topological polar surface area (TPSA) is 108 Å². The lowest BCUT2D eigenvalue weighted by Crippen LogP contribution is -2.36. The molecule has 1 saturated carbocycles. The average molecular weight is 320 g/mol. The Kier molecular flexibility index (Phi) is 5.96. The summed E-state index contributed by atoms with van der Waals surface area (Å²) in [7, 11) is 0. The molecule has 0 heterocycles. The second-order valence-corrected chi connectivity index (χ2v) is 5.36. The van der Waals surface area contributed by atoms with Crippen molar-refractivity contribution in [2.45, 2.75) is 31.7 Å². The average Bonchev–Trinajstić information content (AvgIpc) is 3.04. The van der Waals surface area contributed by atoms with Gasteiger partial charge in [-0.25, -0.2) is 4.79 Å². The molecule has 0 saturated heterocycles. The number of para-hydroxylation sites is 1. The lowest BCUT2D eigenvalue weighted by atomic mass is 10.2. The van der Waals surface area contributed by atoms with Gasteiger partial charge in [0.15, 0.2) is 13.2 Å². The highest BCUT2D eigenvalue weighted by Gasteiger charge is 2.18. The first-order valence-corrected chi connectivity index (χ1v) is 7.53. The molecule has 1 aromatic rings. The molecule has 0 spiro atoms. The summed E-state index contributed by atoms with van der Waals surface area (Å²) >= 11 is 0. The number of carbonyl (C=O) groups is 3. The van der Waals surface area contributed by atoms with Crippen molar-refractivity contribution in [3.05, 3.63) is 29.8 Å². The molecule has 0 atom stereocenters. The number of carbonyl (C=O) groups excluding carboxylic acids is 3. The molecule has 0 bridgehead atoms. The van der Waals surface area contributed by atoms with E-state index in [4.69, 9.17) is 15.2 Å². The van der Waals surface area contributed by atoms with Crippen LogP contribution >= 0.6 is 0 Å². The SMILES string of the molecule is NC(=O)c1ccccc1OCC(=O)OCC(=O)NC1CCCC1. The van der Waals surface area contributed by atoms with Gasteiger partial charge in [0.2, 0.25) is 0 Å². The van der Waals surface area contributed by atoms with Crippen LogP contribution in [0.25, 0.3) is 0 Å². The number of rotatable bonds is 7. The Labute approximate surface area is 134 Å². The fraction of sp³-hybridized carbons (Fsp3) is 0.438. The predicted molar refractivity (Wildman–Crippen MR) is 81.8 cm³/mol. The summed E-state index contributed by atoms with van der Waals surface area (Å²) in [4.78, 5) is 34.4. The van der Waals surface area contributed by atoms with E-state index in [-0.39, 0.29) is 29.9 Å². The molecule has 1 fully saturated rings. The van der Waals surface area contributed by atoms with E-state index < -0.39 is 18.5 Å². The zero-order valence-corrected chi connectivity index (χ0v) is 12.7. The van der Waals surface area contributed by atoms with E-state index in [0.29, 0.717) is 0 Å². The van der Waals surface area contributed by atoms with Gasteiger partial charge in [-0.15, -0.1) is 0 Å². The fourth-order valence-corrected chi connectivity index (χ4v) is 2.46. The number of nitrogens with one attached hydrogen (secondary N) is 1. The fourth-order valence-electron chi connectivity index (χ4n) is 2.46. The number of amides is 2. The summed E-state index contributed by atoms with van der Waals surface area (Å²) in [5, 5.41) is 2.81. The first kappa shape index (κ1) is 16.8. The van der Waals surface area contributed by atoms with Gasteiger partial charge in [0, 0.05) is 6.04 Å². The van der Waals surface area contributed by atoms with Crippen molar-refractivity contribution in [3.8, 4) is 5.75 Å². The van der Waals surface area contributed by atoms with Crippen LogP contribution in [0, 0.1) is 0 Å². The van der Waals surface area contributed by atoms with Crippen LogP contribution in [-0.2, 0) is 14.3 Å². The quantitative estimate of drug-likeness (QED) is 0.721. The molecule has 1 aromatic carbocycles. The Morgan fingerprint density at radius 1 is 1.13 bits per heavy atom. The largest absolute Gasteiger partial charge is 0.481 e. The molecule has 23 heavy (non-hydrogen) atoms. The monoisotopic (exact) mass is 320 g/mol. The van der Waals surface area contributed by atoms with E-state index in [1.807, 2.05) is 0 Å². The number of benzene rings is 1. The Morgan fingerprint density at radius 3 is 2.52 bits per heavy atom. The number of ether oxygens (including phenoxy) is 2. The lowest BCUT2D eigenvalue weighted by Gasteiger charge is -2.12. The van der Waals surface area contributed by atoms with Crippen LogP contribution in [0.1, 0.15) is 36.0 Å². The summed E-state index contributed by atoms with van der Waals surface area (Å²) < 4.78 is 10.1. The molecule has 0 unspecified atom stereocenters. The molecular formula is C16H20N2O5. The number of nitrogens with two attached hydrogens (primary N) is 1. The van der Waals surface area contributed by atoms with Crippen LogP contribution in [0.15, 0.2) is 24.3 Å². The van der Waals surface area contributed by atoms with Crippen LogP contribution in [0.4, 0.5) is 0 Å². The summed E-state index contributed by atoms with van der Waals surface area (Å²) in [5.74, 6) is -1.45. The molecule has 2 rings (SSSR count). The minimum atomic E-state index is -0.689. The number of primary amides is 1. The van der Waals surface area contributed by atoms with Crippen molar-refractivity contribution < 1.29 is 23.9 Å². The highest BCUT2D eigenvalue weighted by Crippen LogP contribution is 2.18. The number of esters is 1. The predicted octanol–water partition coefficient (Wildman–Crippen LogP) is 0.766. The molecule has 0 aromatic heterocycles. The summed E-state index contributed by atoms with van der Waals surface area (Å²) in [6, 6.07) is 6.50. The molecule has 1 aliphatic carbocycles. The van der Waals surface area contributed by atoms with E-state index in [2.05, 4.69) is 5.32 Å². The second-order valence-electron chi connectivity index (χ2n) is 5.36. The third kappa shape index (κ3) is 5.28. The Morgan fingerprint density at radius 2 is 1.83 bits per heavy atom. The lowest BCUT2D eigenvalue weighted by molar-refractivity contribution is -0.150. The summed E-state index contributed by atoms with van der Waals surface area (Å²) in [6.45, 7) is -0.739. The third-order valence-electron chi connectivity index (χ3n) is 3.58. The summed E-state index contributed by atoms with van der Waals surface area (Å²) in [6.07, 6.45) is 4.15. The van der Waals surface area contributed by atoms with E-state index in [1.54, 1.807) is 12.1 Å². The maximum absolute atomic E-state index is 11.6. The highest BCUT2D eigenvalue weighted by molar-refractivity contribution is 5.95. The number of hydrogen-bond acceptors (Lipinski definition) is 5. The zero-order chi connectivity index (χ0) is 16.7. The van der Waals surface area contributed by atoms with E-state index in [1.165, 1.54) is 12.1 Å². The number of hydrogen-bond donors (Lipinski definition) is 2. The van der Waals surface area contributed by atoms with Gasteiger partial charge in [-0.2, -0.15) is 0 Å². The van der Waals surface area contributed by atoms with Crippen LogP contribution in [0.2, 0.25) is 0 Å². The van der Waals surface area contributed by atoms with E-state index in [9.17, 15) is 14.4 Å². The molecule has 3 N–H and O–H groups in total. The van der Waals surface area contributed by atoms with Crippen molar-refractivity contribution >= 4 is 17.8 Å². The van der Waals surface area contributed by atoms with Gasteiger partial charge in [-0.05, 0) is 25.0 Å². The zero-order valence-electron chi connectivity index (χ0n) is 12.7. The Balaban J connectivity index is 1.72. The molecule has 0 radical (unpaired) electrons. The first-order valence-electron chi connectivity index (χ1n) is 7.53. The van der Waals surface area contributed by atoms with Gasteiger partial charge in [0.25, 0.3) is 11.8 Å². The Bertz CT molecular complexity index is 582. The minimum absolute atomic E-state index is 0.180. The van der Waals surface area contributed by atoms with Crippen molar-refractivity contribution in [2.24, 2.45) is 5.73 Å². The molecule has 7 heteroatoms. The minimum Gasteiger partial charge on any atom is -0.481 e. The third-order valence-corrected chi connectivity index (χ3v) is 3.58. The van der Waals surface area contributed by atoms with Crippen molar-refractivity contribution in [2.75, 3.05) is 13.2 Å². The van der Waals surface area contributed by atoms with Gasteiger partial charge in [-0.1, -0.05) is 25.0 Å².